The summed E-state index contributed by atoms with van der Waals surface area (Å²) >= 11 is 5.12. The minimum absolute atomic E-state index is 0.519. The van der Waals surface area contributed by atoms with Gasteiger partial charge in [-0.2, -0.15) is 0 Å². The van der Waals surface area contributed by atoms with E-state index in [0.29, 0.717) is 4.77 Å². The van der Waals surface area contributed by atoms with Gasteiger partial charge in [-0.1, -0.05) is 30.3 Å². The van der Waals surface area contributed by atoms with Crippen molar-refractivity contribution >= 4 is 17.9 Å². The Labute approximate surface area is 103 Å². The van der Waals surface area contributed by atoms with Crippen LogP contribution in [-0.2, 0) is 6.42 Å². The zero-order valence-corrected chi connectivity index (χ0v) is 9.81. The molecule has 5 heteroatoms. The lowest BCUT2D eigenvalue weighted by Crippen LogP contribution is -1.94. The largest absolute Gasteiger partial charge is 0.330 e. The van der Waals surface area contributed by atoms with Crippen LogP contribution in [0.5, 0.6) is 0 Å². The van der Waals surface area contributed by atoms with E-state index in [-0.39, 0.29) is 0 Å². The highest BCUT2D eigenvalue weighted by atomic mass is 32.1. The second kappa shape index (κ2) is 4.10. The van der Waals surface area contributed by atoms with Gasteiger partial charge in [-0.15, -0.1) is 0 Å². The average Bonchev–Trinajstić information content (AvgIpc) is 2.76. The second-order valence-corrected chi connectivity index (χ2v) is 4.12. The molecule has 0 saturated heterocycles. The first-order valence-electron chi connectivity index (χ1n) is 5.28. The third-order valence-electron chi connectivity index (χ3n) is 2.64. The lowest BCUT2D eigenvalue weighted by atomic mass is 10.1. The highest BCUT2D eigenvalue weighted by Crippen LogP contribution is 2.11. The quantitative estimate of drug-likeness (QED) is 0.702. The van der Waals surface area contributed by atoms with E-state index in [1.54, 1.807) is 17.1 Å². The molecule has 0 radical (unpaired) electrons. The third-order valence-corrected chi connectivity index (χ3v) is 2.94. The number of benzene rings is 1. The summed E-state index contributed by atoms with van der Waals surface area (Å²) in [5.74, 6) is 0. The summed E-state index contributed by atoms with van der Waals surface area (Å²) in [6.07, 6.45) is 4.10. The van der Waals surface area contributed by atoms with Crippen molar-refractivity contribution in [3.05, 3.63) is 59.0 Å². The van der Waals surface area contributed by atoms with Gasteiger partial charge < -0.3 is 4.98 Å². The Morgan fingerprint density at radius 1 is 1.18 bits per heavy atom. The van der Waals surface area contributed by atoms with Gasteiger partial charge in [0.1, 0.15) is 12.0 Å². The number of H-pyrrole nitrogens is 1. The molecule has 3 aromatic rings. The standard InChI is InChI=1S/C12H10N4S/c17-12-14-7-13-11-10(15-8-16(11)12)6-9-4-2-1-3-5-9/h1-5,7-8H,6H2,(H,13,14,17). The minimum atomic E-state index is 0.519. The topological polar surface area (TPSA) is 46.0 Å². The highest BCUT2D eigenvalue weighted by Gasteiger charge is 2.06. The highest BCUT2D eigenvalue weighted by molar-refractivity contribution is 7.71. The first-order valence-corrected chi connectivity index (χ1v) is 5.69. The number of nitrogens with zero attached hydrogens (tertiary/aromatic N) is 3. The maximum Gasteiger partial charge on any atom is 0.207 e. The van der Waals surface area contributed by atoms with E-state index in [9.17, 15) is 0 Å². The van der Waals surface area contributed by atoms with E-state index in [2.05, 4.69) is 27.1 Å². The van der Waals surface area contributed by atoms with Crippen LogP contribution in [-0.4, -0.2) is 19.4 Å². The van der Waals surface area contributed by atoms with E-state index < -0.39 is 0 Å². The van der Waals surface area contributed by atoms with Gasteiger partial charge >= 0.3 is 0 Å². The maximum atomic E-state index is 5.12. The van der Waals surface area contributed by atoms with Gasteiger partial charge in [-0.05, 0) is 17.8 Å². The molecule has 1 aromatic carbocycles. The summed E-state index contributed by atoms with van der Waals surface area (Å²) in [4.78, 5) is 11.5. The number of hydrogen-bond acceptors (Lipinski definition) is 3. The first kappa shape index (κ1) is 10.2. The summed E-state index contributed by atoms with van der Waals surface area (Å²) in [7, 11) is 0. The Kier molecular flexibility index (Phi) is 2.45. The molecule has 17 heavy (non-hydrogen) atoms. The molecule has 0 aliphatic heterocycles. The summed E-state index contributed by atoms with van der Waals surface area (Å²) in [5.41, 5.74) is 3.11. The Hall–Kier alpha value is -2.01. The molecule has 0 amide bonds. The van der Waals surface area contributed by atoms with Crippen LogP contribution in [0.15, 0.2) is 43.0 Å². The minimum Gasteiger partial charge on any atom is -0.330 e. The number of aromatic amines is 1. The molecular weight excluding hydrogens is 232 g/mol. The normalized spacial score (nSPS) is 10.8. The Morgan fingerprint density at radius 3 is 2.82 bits per heavy atom. The molecule has 0 saturated carbocycles. The van der Waals surface area contributed by atoms with Crippen LogP contribution in [0.2, 0.25) is 0 Å². The molecule has 2 heterocycles. The Bertz CT molecular complexity index is 699. The van der Waals surface area contributed by atoms with Crippen molar-refractivity contribution < 1.29 is 0 Å². The van der Waals surface area contributed by atoms with Crippen molar-refractivity contribution in [2.45, 2.75) is 6.42 Å². The van der Waals surface area contributed by atoms with Crippen LogP contribution in [0.4, 0.5) is 0 Å². The van der Waals surface area contributed by atoms with E-state index >= 15 is 0 Å². The first-order chi connectivity index (χ1) is 8.34. The van der Waals surface area contributed by atoms with Crippen molar-refractivity contribution in [1.82, 2.24) is 19.4 Å². The lowest BCUT2D eigenvalue weighted by Gasteiger charge is -1.99. The van der Waals surface area contributed by atoms with Gasteiger partial charge in [0, 0.05) is 6.42 Å². The van der Waals surface area contributed by atoms with E-state index in [4.69, 9.17) is 12.2 Å². The fraction of sp³-hybridized carbons (Fsp3) is 0.0833. The molecule has 1 N–H and O–H groups in total. The molecule has 4 nitrogen and oxygen atoms in total. The molecule has 3 rings (SSSR count). The Morgan fingerprint density at radius 2 is 2.00 bits per heavy atom. The number of nitrogens with one attached hydrogen (secondary N) is 1. The van der Waals surface area contributed by atoms with Crippen LogP contribution in [0.25, 0.3) is 5.65 Å². The summed E-state index contributed by atoms with van der Waals surface area (Å²) in [6, 6.07) is 10.2. The van der Waals surface area contributed by atoms with Gasteiger partial charge in [0.15, 0.2) is 0 Å². The molecule has 0 atom stereocenters. The molecule has 2 aromatic heterocycles. The molecule has 84 valence electrons. The molecule has 0 aliphatic rings. The van der Waals surface area contributed by atoms with Gasteiger partial charge in [-0.3, -0.25) is 4.40 Å². The van der Waals surface area contributed by atoms with Gasteiger partial charge in [-0.25, -0.2) is 9.97 Å². The zero-order chi connectivity index (χ0) is 11.7. The number of rotatable bonds is 2. The monoisotopic (exact) mass is 242 g/mol. The van der Waals surface area contributed by atoms with Crippen LogP contribution < -0.4 is 0 Å². The maximum absolute atomic E-state index is 5.12. The summed E-state index contributed by atoms with van der Waals surface area (Å²) in [5, 5.41) is 0. The van der Waals surface area contributed by atoms with Crippen molar-refractivity contribution in [2.75, 3.05) is 0 Å². The molecule has 0 spiro atoms. The number of imidazole rings is 1. The Balaban J connectivity index is 2.08. The summed E-state index contributed by atoms with van der Waals surface area (Å²) in [6.45, 7) is 0. The predicted octanol–water partition coefficient (Wildman–Crippen LogP) is 2.38. The van der Waals surface area contributed by atoms with Crippen molar-refractivity contribution in [1.29, 1.82) is 0 Å². The predicted molar refractivity (Wildman–Crippen MR) is 67.4 cm³/mol. The van der Waals surface area contributed by atoms with Crippen molar-refractivity contribution in [3.8, 4) is 0 Å². The molecule has 0 fully saturated rings. The van der Waals surface area contributed by atoms with Crippen LogP contribution >= 0.6 is 12.2 Å². The number of hydrogen-bond donors (Lipinski definition) is 1. The van der Waals surface area contributed by atoms with Crippen LogP contribution in [0.3, 0.4) is 0 Å². The van der Waals surface area contributed by atoms with E-state index in [1.165, 1.54) is 5.56 Å². The second-order valence-electron chi connectivity index (χ2n) is 3.76. The SMILES string of the molecule is S=c1nc[nH]c2c(Cc3ccccc3)ncn12. The van der Waals surface area contributed by atoms with Crippen LogP contribution in [0, 0.1) is 4.77 Å². The third kappa shape index (κ3) is 1.85. The van der Waals surface area contributed by atoms with Gasteiger partial charge in [0.05, 0.1) is 12.0 Å². The average molecular weight is 242 g/mol. The fourth-order valence-corrected chi connectivity index (χ4v) is 2.00. The number of aromatic nitrogens is 4. The van der Waals surface area contributed by atoms with Gasteiger partial charge in [0.25, 0.3) is 0 Å². The van der Waals surface area contributed by atoms with Gasteiger partial charge in [0.2, 0.25) is 4.77 Å². The zero-order valence-electron chi connectivity index (χ0n) is 9.00. The smallest absolute Gasteiger partial charge is 0.207 e. The van der Waals surface area contributed by atoms with Crippen LogP contribution in [0.1, 0.15) is 11.3 Å². The summed E-state index contributed by atoms with van der Waals surface area (Å²) < 4.78 is 2.30. The molecule has 0 unspecified atom stereocenters. The fourth-order valence-electron chi connectivity index (χ4n) is 1.81. The van der Waals surface area contributed by atoms with E-state index in [0.717, 1.165) is 17.8 Å². The number of fused-ring (bicyclic) bond motifs is 1. The van der Waals surface area contributed by atoms with Crippen molar-refractivity contribution in [3.63, 3.8) is 0 Å². The van der Waals surface area contributed by atoms with E-state index in [1.807, 2.05) is 18.2 Å². The molecule has 0 bridgehead atoms. The van der Waals surface area contributed by atoms with Crippen molar-refractivity contribution in [2.24, 2.45) is 0 Å². The lowest BCUT2D eigenvalue weighted by molar-refractivity contribution is 0.988. The molecule has 0 aliphatic carbocycles. The molecular formula is C12H10N4S.